The van der Waals surface area contributed by atoms with Crippen molar-refractivity contribution in [2.24, 2.45) is 0 Å². The molecule has 0 bridgehead atoms. The van der Waals surface area contributed by atoms with Gasteiger partial charge in [0.25, 0.3) is 10.1 Å². The number of rotatable bonds is 6. The lowest BCUT2D eigenvalue weighted by atomic mass is 9.95. The molecule has 15 heteroatoms. The van der Waals surface area contributed by atoms with Gasteiger partial charge in [-0.1, -0.05) is 12.4 Å². The largest absolute Gasteiger partial charge is 0.438 e. The monoisotopic (exact) mass is 448 g/mol. The van der Waals surface area contributed by atoms with Gasteiger partial charge in [0.15, 0.2) is 0 Å². The van der Waals surface area contributed by atoms with E-state index in [4.69, 9.17) is 12.4 Å². The Morgan fingerprint density at radius 3 is 2.00 bits per heavy atom. The lowest BCUT2D eigenvalue weighted by Crippen LogP contribution is -2.63. The summed E-state index contributed by atoms with van der Waals surface area (Å²) in [4.78, 5) is 23.0. The zero-order chi connectivity index (χ0) is 22.8. The van der Waals surface area contributed by atoms with Gasteiger partial charge in [-0.2, -0.15) is 34.8 Å². The molecule has 7 nitrogen and oxygen atoms in total. The third-order valence-corrected chi connectivity index (χ3v) is 4.12. The van der Waals surface area contributed by atoms with Gasteiger partial charge in [-0.15, -0.1) is 0 Å². The highest BCUT2D eigenvalue weighted by molar-refractivity contribution is 7.85. The van der Waals surface area contributed by atoms with Crippen LogP contribution in [-0.2, 0) is 26.0 Å². The third-order valence-electron chi connectivity index (χ3n) is 3.34. The van der Waals surface area contributed by atoms with Crippen LogP contribution in [0.5, 0.6) is 5.75 Å². The van der Waals surface area contributed by atoms with Crippen molar-refractivity contribution in [3.8, 4) is 5.75 Å². The first-order chi connectivity index (χ1) is 12.9. The topological polar surface area (TPSA) is 107 Å². The molecule has 2 radical (unpaired) electrons. The predicted molar refractivity (Wildman–Crippen MR) is 83.9 cm³/mol. The Morgan fingerprint density at radius 2 is 1.62 bits per heavy atom. The Kier molecular flexibility index (Phi) is 7.02. The van der Waals surface area contributed by atoms with E-state index in [0.717, 1.165) is 19.1 Å². The minimum atomic E-state index is -6.47. The van der Waals surface area contributed by atoms with E-state index in [-0.39, 0.29) is 11.9 Å². The Balaban J connectivity index is 3.51. The molecule has 29 heavy (non-hydrogen) atoms. The highest BCUT2D eigenvalue weighted by atomic mass is 32.2. The second-order valence-electron chi connectivity index (χ2n) is 5.56. The summed E-state index contributed by atoms with van der Waals surface area (Å²) in [6, 6.07) is 2.29. The highest BCUT2D eigenvalue weighted by Crippen LogP contribution is 2.47. The molecule has 0 aliphatic rings. The number of benzene rings is 1. The first-order valence-electron chi connectivity index (χ1n) is 7.27. The van der Waals surface area contributed by atoms with Crippen molar-refractivity contribution in [3.63, 3.8) is 0 Å². The van der Waals surface area contributed by atoms with Crippen molar-refractivity contribution in [3.05, 3.63) is 29.3 Å². The Hall–Kier alpha value is -2.29. The second kappa shape index (κ2) is 8.22. The molecule has 1 N–H and O–H groups in total. The molecule has 0 spiro atoms. The summed E-state index contributed by atoms with van der Waals surface area (Å²) < 4.78 is 118. The van der Waals surface area contributed by atoms with Crippen molar-refractivity contribution >= 4 is 29.9 Å². The van der Waals surface area contributed by atoms with E-state index in [1.165, 1.54) is 0 Å². The number of ether oxygens (including phenoxy) is 2. The maximum atomic E-state index is 13.2. The van der Waals surface area contributed by atoms with Crippen LogP contribution in [0.3, 0.4) is 0 Å². The second-order valence-corrected chi connectivity index (χ2v) is 7.01. The zero-order valence-corrected chi connectivity index (χ0v) is 15.1. The molecule has 0 fully saturated rings. The van der Waals surface area contributed by atoms with E-state index < -0.39 is 57.1 Å². The average Bonchev–Trinajstić information content (AvgIpc) is 2.50. The third kappa shape index (κ3) is 5.85. The molecule has 1 aromatic carbocycles. The average molecular weight is 448 g/mol. The van der Waals surface area contributed by atoms with Gasteiger partial charge >= 0.3 is 29.9 Å². The van der Waals surface area contributed by atoms with E-state index in [2.05, 4.69) is 9.47 Å². The van der Waals surface area contributed by atoms with Gasteiger partial charge in [0, 0.05) is 6.92 Å². The quantitative estimate of drug-likeness (QED) is 0.234. The summed E-state index contributed by atoms with van der Waals surface area (Å²) in [6.07, 6.45) is -13.2. The first-order valence-corrected chi connectivity index (χ1v) is 8.88. The minimum Gasteiger partial charge on any atom is -0.435 e. The number of carbonyl (C=O) groups excluding carboxylic acids is 2. The van der Waals surface area contributed by atoms with Gasteiger partial charge in [-0.3, -0.25) is 9.35 Å². The molecule has 0 amide bonds. The van der Waals surface area contributed by atoms with Gasteiger partial charge in [0.05, 0.1) is 13.4 Å². The maximum absolute atomic E-state index is 13.2. The van der Waals surface area contributed by atoms with E-state index in [0.29, 0.717) is 6.07 Å². The molecular weight excluding hydrogens is 437 g/mol. The molecule has 0 atom stereocenters. The summed E-state index contributed by atoms with van der Waals surface area (Å²) in [7, 11) is -0.575. The lowest BCUT2D eigenvalue weighted by molar-refractivity contribution is -0.356. The van der Waals surface area contributed by atoms with E-state index >= 15 is 0 Å². The van der Waals surface area contributed by atoms with Crippen LogP contribution < -0.4 is 4.74 Å². The summed E-state index contributed by atoms with van der Waals surface area (Å²) in [6.45, 7) is 0.926. The normalized spacial score (nSPS) is 13.1. The molecule has 0 heterocycles. The molecule has 160 valence electrons. The molecule has 0 saturated heterocycles. The van der Waals surface area contributed by atoms with Crippen LogP contribution in [0.25, 0.3) is 0 Å². The predicted octanol–water partition coefficient (Wildman–Crippen LogP) is 2.19. The summed E-state index contributed by atoms with van der Waals surface area (Å²) >= 11 is 0. The highest BCUT2D eigenvalue weighted by Gasteiger charge is 2.76. The van der Waals surface area contributed by atoms with Crippen LogP contribution >= 0.6 is 0 Å². The molecule has 1 aromatic rings. The smallest absolute Gasteiger partial charge is 0.435 e. The fourth-order valence-electron chi connectivity index (χ4n) is 2.04. The van der Waals surface area contributed by atoms with Crippen LogP contribution in [0.2, 0.25) is 0 Å². The van der Waals surface area contributed by atoms with Crippen LogP contribution in [-0.4, -0.2) is 56.5 Å². The van der Waals surface area contributed by atoms with Gasteiger partial charge in [0.2, 0.25) is 0 Å². The standard InChI is InChI=1S/C14H11BF6O7S/c1-7(22)27-10-4-8(2-3-9(10)5-15)11(23)28-12(13(16,17)18,14(19,20)21)6-29(24,25)26/h2-4H,5-6H2,1H3,(H,24,25,26). The van der Waals surface area contributed by atoms with E-state index in [9.17, 15) is 44.3 Å². The van der Waals surface area contributed by atoms with Crippen LogP contribution in [0.15, 0.2) is 18.2 Å². The molecule has 0 aliphatic heterocycles. The van der Waals surface area contributed by atoms with Crippen LogP contribution in [0, 0.1) is 0 Å². The molecule has 0 aliphatic carbocycles. The Morgan fingerprint density at radius 1 is 1.10 bits per heavy atom. The van der Waals surface area contributed by atoms with Crippen molar-refractivity contribution < 1.29 is 58.4 Å². The summed E-state index contributed by atoms with van der Waals surface area (Å²) in [5, 5.41) is 0. The zero-order valence-electron chi connectivity index (χ0n) is 14.3. The fourth-order valence-corrected chi connectivity index (χ4v) is 2.94. The van der Waals surface area contributed by atoms with Gasteiger partial charge in [-0.25, -0.2) is 4.79 Å². The SMILES string of the molecule is [B]Cc1ccc(C(=O)OC(CS(=O)(=O)O)(C(F)(F)F)C(F)(F)F)cc1OC(C)=O. The number of hydrogen-bond acceptors (Lipinski definition) is 6. The van der Waals surface area contributed by atoms with Crippen molar-refractivity contribution in [1.82, 2.24) is 0 Å². The fraction of sp³-hybridized carbons (Fsp3) is 0.429. The summed E-state index contributed by atoms with van der Waals surface area (Å²) in [5.41, 5.74) is -6.42. The maximum Gasteiger partial charge on any atom is 0.438 e. The minimum absolute atomic E-state index is 0.0765. The molecule has 0 unspecified atom stereocenters. The van der Waals surface area contributed by atoms with Gasteiger partial charge in [-0.05, 0) is 17.7 Å². The van der Waals surface area contributed by atoms with Crippen molar-refractivity contribution in [2.45, 2.75) is 31.2 Å². The number of hydrogen-bond donors (Lipinski definition) is 1. The molecule has 0 saturated carbocycles. The van der Waals surface area contributed by atoms with Crippen molar-refractivity contribution in [1.29, 1.82) is 0 Å². The molecule has 0 aromatic heterocycles. The number of halogens is 6. The van der Waals surface area contributed by atoms with E-state index in [1.54, 1.807) is 0 Å². The van der Waals surface area contributed by atoms with Gasteiger partial charge in [0.1, 0.15) is 11.5 Å². The summed E-state index contributed by atoms with van der Waals surface area (Å²) in [5.74, 6) is -6.64. The van der Waals surface area contributed by atoms with Gasteiger partial charge < -0.3 is 9.47 Å². The van der Waals surface area contributed by atoms with E-state index in [1.807, 2.05) is 0 Å². The molecular formula is C14H11BF6O7S. The number of esters is 2. The first kappa shape index (κ1) is 24.8. The van der Waals surface area contributed by atoms with Crippen LogP contribution in [0.1, 0.15) is 22.8 Å². The number of carbonyl (C=O) groups is 2. The van der Waals surface area contributed by atoms with Crippen LogP contribution in [0.4, 0.5) is 26.3 Å². The molecule has 1 rings (SSSR count). The Bertz CT molecular complexity index is 881. The lowest BCUT2D eigenvalue weighted by Gasteiger charge is -2.35. The Labute approximate surface area is 161 Å². The van der Waals surface area contributed by atoms with Crippen molar-refractivity contribution in [2.75, 3.05) is 5.75 Å². The number of alkyl halides is 6.